The molecule has 0 aliphatic rings. The van der Waals surface area contributed by atoms with Crippen molar-refractivity contribution in [2.45, 2.75) is 53.4 Å². The fourth-order valence-corrected chi connectivity index (χ4v) is 2.87. The molecule has 0 aromatic carbocycles. The van der Waals surface area contributed by atoms with Gasteiger partial charge in [0.15, 0.2) is 0 Å². The molecule has 2 aromatic heterocycles. The van der Waals surface area contributed by atoms with Crippen LogP contribution >= 0.6 is 15.9 Å². The summed E-state index contributed by atoms with van der Waals surface area (Å²) in [5.74, 6) is -0.439. The van der Waals surface area contributed by atoms with Gasteiger partial charge in [0.25, 0.3) is 0 Å². The molecule has 2 heterocycles. The van der Waals surface area contributed by atoms with Gasteiger partial charge in [-0.3, -0.25) is 19.6 Å². The topological polar surface area (TPSA) is 119 Å². The molecule has 0 fully saturated rings. The normalized spacial score (nSPS) is 11.3. The van der Waals surface area contributed by atoms with Gasteiger partial charge in [0.2, 0.25) is 0 Å². The van der Waals surface area contributed by atoms with Crippen molar-refractivity contribution < 1.29 is 29.1 Å². The van der Waals surface area contributed by atoms with Gasteiger partial charge in [-0.15, -0.1) is 0 Å². The Morgan fingerprint density at radius 2 is 1.34 bits per heavy atom. The Hall–Kier alpha value is -2.30. The van der Waals surface area contributed by atoms with Crippen LogP contribution < -0.4 is 5.46 Å². The van der Waals surface area contributed by atoms with Gasteiger partial charge in [-0.25, -0.2) is 0 Å². The van der Waals surface area contributed by atoms with Crippen LogP contribution in [0, 0.1) is 0 Å². The molecule has 2 aromatic rings. The molecular weight excluding hydrogens is 479 g/mol. The molecule has 2 N–H and O–H groups in total. The van der Waals surface area contributed by atoms with E-state index in [1.54, 1.807) is 24.7 Å². The van der Waals surface area contributed by atoms with Gasteiger partial charge in [-0.05, 0) is 45.0 Å². The van der Waals surface area contributed by atoms with E-state index >= 15 is 0 Å². The van der Waals surface area contributed by atoms with E-state index in [9.17, 15) is 9.59 Å². The molecule has 0 amide bonds. The lowest BCUT2D eigenvalue weighted by Gasteiger charge is -2.11. The van der Waals surface area contributed by atoms with Crippen LogP contribution in [-0.4, -0.2) is 53.3 Å². The number of hydrogen-bond acceptors (Lipinski definition) is 8. The van der Waals surface area contributed by atoms with Crippen LogP contribution in [0.5, 0.6) is 0 Å². The van der Waals surface area contributed by atoms with Gasteiger partial charge in [0.1, 0.15) is 0 Å². The summed E-state index contributed by atoms with van der Waals surface area (Å²) in [6, 6.07) is 3.58. The average Bonchev–Trinajstić information content (AvgIpc) is 2.73. The zero-order valence-corrected chi connectivity index (χ0v) is 19.0. The molecule has 0 aliphatic carbocycles. The predicted octanol–water partition coefficient (Wildman–Crippen LogP) is 3.21. The van der Waals surface area contributed by atoms with E-state index in [1.807, 2.05) is 19.9 Å². The molecular formula is C22H34BBrN2O6. The number of pyridine rings is 2. The summed E-state index contributed by atoms with van der Waals surface area (Å²) in [6.07, 6.45) is 7.07. The molecule has 178 valence electrons. The summed E-state index contributed by atoms with van der Waals surface area (Å²) in [7, 11) is 1.19. The Balaban J connectivity index is 0. The van der Waals surface area contributed by atoms with Gasteiger partial charge in [0, 0.05) is 34.7 Å². The Morgan fingerprint density at radius 1 is 0.906 bits per heavy atom. The molecule has 8 nitrogen and oxygen atoms in total. The highest BCUT2D eigenvalue weighted by molar-refractivity contribution is 9.10. The molecule has 2 atom stereocenters. The molecule has 0 bridgehead atoms. The second kappa shape index (κ2) is 16.4. The zero-order chi connectivity index (χ0) is 22.7. The van der Waals surface area contributed by atoms with Crippen molar-refractivity contribution in [2.75, 3.05) is 14.2 Å². The van der Waals surface area contributed by atoms with Crippen LogP contribution in [0.1, 0.15) is 64.5 Å². The van der Waals surface area contributed by atoms with Crippen molar-refractivity contribution in [1.29, 1.82) is 0 Å². The summed E-state index contributed by atoms with van der Waals surface area (Å²) in [5, 5.41) is 18.0. The lowest BCUT2D eigenvalue weighted by Crippen LogP contribution is -2.30. The molecule has 0 aliphatic heterocycles. The van der Waals surface area contributed by atoms with E-state index in [-0.39, 0.29) is 45.0 Å². The van der Waals surface area contributed by atoms with Gasteiger partial charge in [0.05, 0.1) is 27.1 Å². The monoisotopic (exact) mass is 512 g/mol. The van der Waals surface area contributed by atoms with E-state index < -0.39 is 7.12 Å². The maximum absolute atomic E-state index is 11.1. The van der Waals surface area contributed by atoms with Gasteiger partial charge in [-0.2, -0.15) is 0 Å². The Morgan fingerprint density at radius 3 is 1.75 bits per heavy atom. The first-order valence-electron chi connectivity index (χ1n) is 9.22. The SMILES string of the molecule is C.C.COC(=O)C[C@H](C)c1cncc(B(O)O)c1.COC(=O)C[C@H](C)c1cncc(Br)c1. The third kappa shape index (κ3) is 11.4. The van der Waals surface area contributed by atoms with E-state index in [1.165, 1.54) is 20.4 Å². The Bertz CT molecular complexity index is 838. The fourth-order valence-electron chi connectivity index (χ4n) is 2.49. The van der Waals surface area contributed by atoms with Crippen LogP contribution in [0.25, 0.3) is 0 Å². The second-order valence-electron chi connectivity index (χ2n) is 6.72. The molecule has 0 saturated heterocycles. The summed E-state index contributed by atoms with van der Waals surface area (Å²) in [6.45, 7) is 3.82. The predicted molar refractivity (Wildman–Crippen MR) is 130 cm³/mol. The second-order valence-corrected chi connectivity index (χ2v) is 7.64. The van der Waals surface area contributed by atoms with Crippen LogP contribution in [0.4, 0.5) is 0 Å². The van der Waals surface area contributed by atoms with Crippen LogP contribution in [0.3, 0.4) is 0 Å². The maximum Gasteiger partial charge on any atom is 0.490 e. The van der Waals surface area contributed by atoms with E-state index in [4.69, 9.17) is 10.0 Å². The van der Waals surface area contributed by atoms with Gasteiger partial charge >= 0.3 is 19.1 Å². The van der Waals surface area contributed by atoms with Crippen molar-refractivity contribution in [2.24, 2.45) is 0 Å². The van der Waals surface area contributed by atoms with E-state index in [0.29, 0.717) is 11.9 Å². The quantitative estimate of drug-likeness (QED) is 0.428. The number of esters is 2. The summed E-state index contributed by atoms with van der Waals surface area (Å²) < 4.78 is 10.1. The number of nitrogens with zero attached hydrogens (tertiary/aromatic N) is 2. The minimum atomic E-state index is -1.54. The largest absolute Gasteiger partial charge is 0.490 e. The van der Waals surface area contributed by atoms with Crippen LogP contribution in [-0.2, 0) is 19.1 Å². The number of aromatic nitrogens is 2. The lowest BCUT2D eigenvalue weighted by atomic mass is 9.80. The number of ether oxygens (including phenoxy) is 2. The highest BCUT2D eigenvalue weighted by Gasteiger charge is 2.16. The Kier molecular flexibility index (Phi) is 16.3. The minimum absolute atomic E-state index is 0. The summed E-state index contributed by atoms with van der Waals surface area (Å²) >= 11 is 3.34. The molecule has 0 unspecified atom stereocenters. The number of halogens is 1. The lowest BCUT2D eigenvalue weighted by molar-refractivity contribution is -0.141. The number of rotatable bonds is 7. The first-order valence-corrected chi connectivity index (χ1v) is 10.0. The molecule has 0 saturated carbocycles. The van der Waals surface area contributed by atoms with Gasteiger partial charge in [-0.1, -0.05) is 34.8 Å². The van der Waals surface area contributed by atoms with Crippen molar-refractivity contribution >= 4 is 40.4 Å². The van der Waals surface area contributed by atoms with E-state index in [2.05, 4.69) is 35.4 Å². The molecule has 0 radical (unpaired) electrons. The van der Waals surface area contributed by atoms with Crippen LogP contribution in [0.2, 0.25) is 0 Å². The average molecular weight is 513 g/mol. The molecule has 10 heteroatoms. The van der Waals surface area contributed by atoms with Gasteiger partial charge < -0.3 is 19.5 Å². The maximum atomic E-state index is 11.1. The van der Waals surface area contributed by atoms with Crippen molar-refractivity contribution in [3.63, 3.8) is 0 Å². The third-order valence-corrected chi connectivity index (χ3v) is 4.78. The van der Waals surface area contributed by atoms with E-state index in [0.717, 1.165) is 15.6 Å². The third-order valence-electron chi connectivity index (χ3n) is 4.34. The number of methoxy groups -OCH3 is 2. The smallest absolute Gasteiger partial charge is 0.469 e. The first-order chi connectivity index (χ1) is 14.2. The number of carbonyl (C=O) groups is 2. The van der Waals surface area contributed by atoms with Crippen molar-refractivity contribution in [1.82, 2.24) is 9.97 Å². The number of hydrogen-bond donors (Lipinski definition) is 2. The molecule has 2 rings (SSSR count). The first kappa shape index (κ1) is 31.9. The molecule has 32 heavy (non-hydrogen) atoms. The minimum Gasteiger partial charge on any atom is -0.469 e. The summed E-state index contributed by atoms with van der Waals surface area (Å²) in [5.41, 5.74) is 2.12. The van der Waals surface area contributed by atoms with Crippen LogP contribution in [0.15, 0.2) is 41.4 Å². The highest BCUT2D eigenvalue weighted by atomic mass is 79.9. The summed E-state index contributed by atoms with van der Waals surface area (Å²) in [4.78, 5) is 30.0. The Labute approximate surface area is 199 Å². The zero-order valence-electron chi connectivity index (χ0n) is 17.4. The highest BCUT2D eigenvalue weighted by Crippen LogP contribution is 2.21. The standard InChI is InChI=1S/C10H14BNO4.C10H12BrNO2.2CH4/c1-7(3-10(13)16-2)8-4-9(11(14)15)6-12-5-8;1-7(3-10(13)14-2)8-4-9(11)6-12-5-8;;/h4-7,14-15H,3H2,1-2H3;4-7H,3H2,1-2H3;2*1H4/t2*7-;;/m00../s1. The molecule has 0 spiro atoms. The van der Waals surface area contributed by atoms with Crippen molar-refractivity contribution in [3.05, 3.63) is 52.5 Å². The number of carbonyl (C=O) groups excluding carboxylic acids is 2. The fraction of sp³-hybridized carbons (Fsp3) is 0.455. The van der Waals surface area contributed by atoms with Crippen molar-refractivity contribution in [3.8, 4) is 0 Å².